The molecular weight excluding hydrogens is 440 g/mol. The van der Waals surface area contributed by atoms with Crippen LogP contribution in [0, 0.1) is 0 Å². The van der Waals surface area contributed by atoms with Crippen LogP contribution in [0.2, 0.25) is 0 Å². The van der Waals surface area contributed by atoms with E-state index in [-0.39, 0.29) is 22.3 Å². The molecule has 1 aliphatic rings. The van der Waals surface area contributed by atoms with Crippen molar-refractivity contribution in [3.63, 3.8) is 0 Å². The topological polar surface area (TPSA) is 105 Å². The minimum atomic E-state index is -1.06. The molecule has 3 rings (SSSR count). The molecule has 1 saturated heterocycles. The lowest BCUT2D eigenvalue weighted by Crippen LogP contribution is -2.36. The number of ether oxygens (including phenoxy) is 2. The molecule has 2 aromatic carbocycles. The Morgan fingerprint density at radius 2 is 1.81 bits per heavy atom. The van der Waals surface area contributed by atoms with Gasteiger partial charge in [-0.15, -0.1) is 0 Å². The van der Waals surface area contributed by atoms with Gasteiger partial charge in [0.1, 0.15) is 10.9 Å². The molecule has 31 heavy (non-hydrogen) atoms. The minimum absolute atomic E-state index is 0.107. The number of carboxylic acids is 1. The van der Waals surface area contributed by atoms with E-state index >= 15 is 0 Å². The Morgan fingerprint density at radius 3 is 2.42 bits per heavy atom. The number of carboxylic acid groups (broad SMARTS) is 1. The fourth-order valence-corrected chi connectivity index (χ4v) is 4.03. The van der Waals surface area contributed by atoms with Crippen molar-refractivity contribution < 1.29 is 29.0 Å². The summed E-state index contributed by atoms with van der Waals surface area (Å²) in [7, 11) is 3.06. The number of amides is 2. The Labute approximate surface area is 187 Å². The third-order valence-electron chi connectivity index (χ3n) is 4.30. The molecule has 0 unspecified atom stereocenters. The van der Waals surface area contributed by atoms with Gasteiger partial charge in [0.2, 0.25) is 5.91 Å². The van der Waals surface area contributed by atoms with Crippen LogP contribution in [0.3, 0.4) is 0 Å². The summed E-state index contributed by atoms with van der Waals surface area (Å²) in [6, 6.07) is 11.0. The van der Waals surface area contributed by atoms with Gasteiger partial charge in [0, 0.05) is 5.69 Å². The van der Waals surface area contributed by atoms with Crippen molar-refractivity contribution >= 4 is 57.8 Å². The van der Waals surface area contributed by atoms with E-state index in [1.165, 1.54) is 43.4 Å². The second kappa shape index (κ2) is 9.63. The molecule has 1 fully saturated rings. The molecule has 2 aromatic rings. The van der Waals surface area contributed by atoms with Crippen LogP contribution in [0.15, 0.2) is 47.4 Å². The average Bonchev–Trinajstić information content (AvgIpc) is 3.01. The number of benzene rings is 2. The third kappa shape index (κ3) is 5.22. The van der Waals surface area contributed by atoms with Gasteiger partial charge in [0.25, 0.3) is 5.91 Å². The molecule has 160 valence electrons. The van der Waals surface area contributed by atoms with Gasteiger partial charge in [-0.05, 0) is 48.0 Å². The van der Waals surface area contributed by atoms with Crippen LogP contribution in [0.4, 0.5) is 5.69 Å². The highest BCUT2D eigenvalue weighted by Gasteiger charge is 2.33. The molecular formula is C21H18N2O6S2. The number of rotatable bonds is 7. The zero-order chi connectivity index (χ0) is 22.5. The molecule has 2 N–H and O–H groups in total. The average molecular weight is 459 g/mol. The quantitative estimate of drug-likeness (QED) is 0.481. The Morgan fingerprint density at radius 1 is 1.13 bits per heavy atom. The Kier molecular flexibility index (Phi) is 6.93. The van der Waals surface area contributed by atoms with Crippen molar-refractivity contribution in [1.82, 2.24) is 4.90 Å². The standard InChI is InChI=1S/C21H18N2O6S2/c1-28-15-8-3-12(9-16(15)29-2)10-17-19(25)23(21(30)31-17)11-18(24)22-14-6-4-13(5-7-14)20(26)27/h3-10H,11H2,1-2H3,(H,22,24)(H,26,27). The first-order valence-electron chi connectivity index (χ1n) is 8.93. The molecule has 1 heterocycles. The second-order valence-electron chi connectivity index (χ2n) is 6.31. The number of methoxy groups -OCH3 is 2. The highest BCUT2D eigenvalue weighted by atomic mass is 32.2. The fraction of sp³-hybridized carbons (Fsp3) is 0.143. The van der Waals surface area contributed by atoms with Crippen LogP contribution in [0.5, 0.6) is 11.5 Å². The number of hydrogen-bond donors (Lipinski definition) is 2. The first-order chi connectivity index (χ1) is 14.8. The summed E-state index contributed by atoms with van der Waals surface area (Å²) in [6.45, 7) is -0.255. The van der Waals surface area contributed by atoms with Gasteiger partial charge in [-0.1, -0.05) is 30.0 Å². The number of nitrogens with zero attached hydrogens (tertiary/aromatic N) is 1. The molecule has 10 heteroatoms. The van der Waals surface area contributed by atoms with Crippen LogP contribution in [0.25, 0.3) is 6.08 Å². The van der Waals surface area contributed by atoms with E-state index in [9.17, 15) is 14.4 Å². The maximum Gasteiger partial charge on any atom is 0.335 e. The van der Waals surface area contributed by atoms with Crippen LogP contribution < -0.4 is 14.8 Å². The summed E-state index contributed by atoms with van der Waals surface area (Å²) in [5, 5.41) is 11.5. The molecule has 0 aromatic heterocycles. The van der Waals surface area contributed by atoms with E-state index < -0.39 is 11.9 Å². The van der Waals surface area contributed by atoms with Crippen LogP contribution in [-0.4, -0.2) is 52.9 Å². The lowest BCUT2D eigenvalue weighted by atomic mass is 10.2. The van der Waals surface area contributed by atoms with Gasteiger partial charge < -0.3 is 19.9 Å². The predicted molar refractivity (Wildman–Crippen MR) is 121 cm³/mol. The van der Waals surface area contributed by atoms with Crippen molar-refractivity contribution in [2.75, 3.05) is 26.1 Å². The molecule has 2 amide bonds. The van der Waals surface area contributed by atoms with E-state index in [0.29, 0.717) is 22.1 Å². The largest absolute Gasteiger partial charge is 0.493 e. The molecule has 0 atom stereocenters. The smallest absolute Gasteiger partial charge is 0.335 e. The fourth-order valence-electron chi connectivity index (χ4n) is 2.77. The number of anilines is 1. The highest BCUT2D eigenvalue weighted by molar-refractivity contribution is 8.26. The summed E-state index contributed by atoms with van der Waals surface area (Å²) in [6.07, 6.45) is 1.67. The number of carbonyl (C=O) groups excluding carboxylic acids is 2. The van der Waals surface area contributed by atoms with E-state index in [2.05, 4.69) is 5.32 Å². The van der Waals surface area contributed by atoms with Crippen molar-refractivity contribution in [3.05, 3.63) is 58.5 Å². The maximum atomic E-state index is 12.8. The summed E-state index contributed by atoms with van der Waals surface area (Å²) in [5.74, 6) is -0.787. The molecule has 1 aliphatic heterocycles. The summed E-state index contributed by atoms with van der Waals surface area (Å²) in [4.78, 5) is 37.6. The van der Waals surface area contributed by atoms with Gasteiger partial charge in [-0.3, -0.25) is 14.5 Å². The highest BCUT2D eigenvalue weighted by Crippen LogP contribution is 2.34. The molecule has 0 bridgehead atoms. The maximum absolute atomic E-state index is 12.8. The number of thiocarbonyl (C=S) groups is 1. The number of carbonyl (C=O) groups is 3. The lowest BCUT2D eigenvalue weighted by molar-refractivity contribution is -0.126. The van der Waals surface area contributed by atoms with Gasteiger partial charge in [-0.2, -0.15) is 0 Å². The van der Waals surface area contributed by atoms with Gasteiger partial charge in [0.15, 0.2) is 11.5 Å². The number of aromatic carboxylic acids is 1. The molecule has 8 nitrogen and oxygen atoms in total. The zero-order valence-corrected chi connectivity index (χ0v) is 18.2. The third-order valence-corrected chi connectivity index (χ3v) is 5.67. The van der Waals surface area contributed by atoms with Crippen LogP contribution >= 0.6 is 24.0 Å². The number of hydrogen-bond acceptors (Lipinski definition) is 7. The lowest BCUT2D eigenvalue weighted by Gasteiger charge is -2.14. The molecule has 0 radical (unpaired) electrons. The van der Waals surface area contributed by atoms with E-state index in [0.717, 1.165) is 17.3 Å². The van der Waals surface area contributed by atoms with E-state index in [1.807, 2.05) is 0 Å². The second-order valence-corrected chi connectivity index (χ2v) is 7.99. The van der Waals surface area contributed by atoms with Crippen molar-refractivity contribution in [1.29, 1.82) is 0 Å². The normalized spacial score (nSPS) is 14.6. The van der Waals surface area contributed by atoms with E-state index in [1.54, 1.807) is 24.3 Å². The van der Waals surface area contributed by atoms with Gasteiger partial charge in [0.05, 0.1) is 24.7 Å². The molecule has 0 aliphatic carbocycles. The molecule has 0 saturated carbocycles. The predicted octanol–water partition coefficient (Wildman–Crippen LogP) is 3.24. The SMILES string of the molecule is COc1ccc(C=C2SC(=S)N(CC(=O)Nc3ccc(C(=O)O)cc3)C2=O)cc1OC. The number of thioether (sulfide) groups is 1. The van der Waals surface area contributed by atoms with Gasteiger partial charge >= 0.3 is 5.97 Å². The first-order valence-corrected chi connectivity index (χ1v) is 10.2. The Hall–Kier alpha value is -3.37. The van der Waals surface area contributed by atoms with Crippen molar-refractivity contribution in [3.8, 4) is 11.5 Å². The van der Waals surface area contributed by atoms with Gasteiger partial charge in [-0.25, -0.2) is 4.79 Å². The van der Waals surface area contributed by atoms with Crippen LogP contribution in [0.1, 0.15) is 15.9 Å². The number of nitrogens with one attached hydrogen (secondary N) is 1. The summed E-state index contributed by atoms with van der Waals surface area (Å²) in [5.41, 5.74) is 1.25. The summed E-state index contributed by atoms with van der Waals surface area (Å²) < 4.78 is 10.8. The minimum Gasteiger partial charge on any atom is -0.493 e. The van der Waals surface area contributed by atoms with Crippen LogP contribution in [-0.2, 0) is 9.59 Å². The molecule has 0 spiro atoms. The first kappa shape index (κ1) is 22.3. The monoisotopic (exact) mass is 458 g/mol. The Balaban J connectivity index is 1.69. The van der Waals surface area contributed by atoms with Crippen molar-refractivity contribution in [2.24, 2.45) is 0 Å². The van der Waals surface area contributed by atoms with Crippen molar-refractivity contribution in [2.45, 2.75) is 0 Å². The Bertz CT molecular complexity index is 1080. The zero-order valence-electron chi connectivity index (χ0n) is 16.6. The van der Waals surface area contributed by atoms with E-state index in [4.69, 9.17) is 26.8 Å². The summed E-state index contributed by atoms with van der Waals surface area (Å²) >= 11 is 6.37.